The summed E-state index contributed by atoms with van der Waals surface area (Å²) >= 11 is 0. The fourth-order valence-corrected chi connectivity index (χ4v) is 3.29. The van der Waals surface area contributed by atoms with E-state index in [0.717, 1.165) is 43.8 Å². The second-order valence-electron chi connectivity index (χ2n) is 6.86. The zero-order chi connectivity index (χ0) is 19.5. The summed E-state index contributed by atoms with van der Waals surface area (Å²) in [6.07, 6.45) is 4.60. The smallest absolute Gasteiger partial charge is 0.308 e. The van der Waals surface area contributed by atoms with Crippen molar-refractivity contribution >= 4 is 11.9 Å². The zero-order valence-electron chi connectivity index (χ0n) is 16.7. The van der Waals surface area contributed by atoms with Gasteiger partial charge in [0.2, 0.25) is 0 Å². The Hall–Kier alpha value is -2.24. The van der Waals surface area contributed by atoms with Gasteiger partial charge >= 0.3 is 5.97 Å². The molecule has 6 heteroatoms. The second-order valence-corrected chi connectivity index (χ2v) is 6.86. The van der Waals surface area contributed by atoms with Crippen LogP contribution in [0, 0.1) is 5.92 Å². The highest BCUT2D eigenvalue weighted by Gasteiger charge is 2.27. The molecule has 0 saturated heterocycles. The number of carbonyl (C=O) groups excluding carboxylic acids is 1. The van der Waals surface area contributed by atoms with E-state index in [1.807, 2.05) is 37.3 Å². The molecule has 0 amide bonds. The van der Waals surface area contributed by atoms with E-state index >= 15 is 0 Å². The molecule has 1 aliphatic rings. The summed E-state index contributed by atoms with van der Waals surface area (Å²) in [6, 6.07) is 10.2. The van der Waals surface area contributed by atoms with Crippen molar-refractivity contribution in [2.45, 2.75) is 58.1 Å². The first-order chi connectivity index (χ1) is 13.2. The number of guanidine groups is 1. The number of nitrogens with one attached hydrogen (secondary N) is 2. The van der Waals surface area contributed by atoms with E-state index in [-0.39, 0.29) is 18.0 Å². The molecule has 0 radical (unpaired) electrons. The summed E-state index contributed by atoms with van der Waals surface area (Å²) < 4.78 is 11.2. The number of hydrogen-bond acceptors (Lipinski definition) is 4. The number of carbonyl (C=O) groups is 1. The lowest BCUT2D eigenvalue weighted by atomic mass is 9.86. The van der Waals surface area contributed by atoms with Gasteiger partial charge in [-0.2, -0.15) is 0 Å². The van der Waals surface area contributed by atoms with Crippen LogP contribution in [0.15, 0.2) is 35.3 Å². The average Bonchev–Trinajstić information content (AvgIpc) is 2.71. The quantitative estimate of drug-likeness (QED) is 0.415. The van der Waals surface area contributed by atoms with Gasteiger partial charge in [0.25, 0.3) is 0 Å². The number of ether oxygens (including phenoxy) is 2. The normalized spacial score (nSPS) is 21.2. The van der Waals surface area contributed by atoms with Gasteiger partial charge in [0.1, 0.15) is 11.9 Å². The van der Waals surface area contributed by atoms with E-state index in [2.05, 4.69) is 22.5 Å². The number of aliphatic imine (C=N–C) groups is 1. The third-order valence-corrected chi connectivity index (χ3v) is 4.91. The van der Waals surface area contributed by atoms with Gasteiger partial charge in [-0.15, -0.1) is 0 Å². The zero-order valence-corrected chi connectivity index (χ0v) is 16.7. The van der Waals surface area contributed by atoms with Crippen molar-refractivity contribution in [3.63, 3.8) is 0 Å². The first-order valence-electron chi connectivity index (χ1n) is 10.0. The molecule has 1 unspecified atom stereocenters. The lowest BCUT2D eigenvalue weighted by Crippen LogP contribution is -2.47. The highest BCUT2D eigenvalue weighted by atomic mass is 16.5. The van der Waals surface area contributed by atoms with Crippen molar-refractivity contribution in [3.8, 4) is 5.75 Å². The standard InChI is InChI=1S/C21H33N3O3/c1-4-18(27-19-9-7-6-8-10-19)15-23-21(22-3)24-17-13-11-16(12-14-17)20(25)26-5-2/h6-10,16-18H,4-5,11-15H2,1-3H3,(H2,22,23,24). The van der Waals surface area contributed by atoms with Crippen molar-refractivity contribution in [1.82, 2.24) is 10.6 Å². The molecule has 0 aromatic heterocycles. The maximum atomic E-state index is 11.9. The Balaban J connectivity index is 1.74. The minimum absolute atomic E-state index is 0.0433. The Morgan fingerprint density at radius 1 is 1.19 bits per heavy atom. The third-order valence-electron chi connectivity index (χ3n) is 4.91. The fraction of sp³-hybridized carbons (Fsp3) is 0.619. The van der Waals surface area contributed by atoms with Crippen LogP contribution in [0.2, 0.25) is 0 Å². The molecule has 2 N–H and O–H groups in total. The van der Waals surface area contributed by atoms with Crippen molar-refractivity contribution < 1.29 is 14.3 Å². The highest BCUT2D eigenvalue weighted by Crippen LogP contribution is 2.25. The molecule has 2 rings (SSSR count). The number of rotatable bonds is 8. The van der Waals surface area contributed by atoms with Crippen LogP contribution in [0.1, 0.15) is 46.0 Å². The molecule has 0 spiro atoms. The molecule has 1 fully saturated rings. The van der Waals surface area contributed by atoms with Crippen LogP contribution in [-0.4, -0.2) is 44.3 Å². The molecule has 0 heterocycles. The molecule has 1 aliphatic carbocycles. The summed E-state index contributed by atoms with van der Waals surface area (Å²) in [7, 11) is 1.78. The van der Waals surface area contributed by atoms with Crippen LogP contribution < -0.4 is 15.4 Å². The van der Waals surface area contributed by atoms with Gasteiger partial charge in [-0.25, -0.2) is 0 Å². The lowest BCUT2D eigenvalue weighted by molar-refractivity contribution is -0.149. The molecule has 0 bridgehead atoms. The van der Waals surface area contributed by atoms with Gasteiger partial charge in [0.15, 0.2) is 5.96 Å². The highest BCUT2D eigenvalue weighted by molar-refractivity contribution is 5.80. The second kappa shape index (κ2) is 11.5. The number of benzene rings is 1. The number of para-hydroxylation sites is 1. The summed E-state index contributed by atoms with van der Waals surface area (Å²) in [5, 5.41) is 6.84. The summed E-state index contributed by atoms with van der Waals surface area (Å²) in [6.45, 7) is 5.11. The molecule has 27 heavy (non-hydrogen) atoms. The van der Waals surface area contributed by atoms with Crippen LogP contribution in [0.5, 0.6) is 5.75 Å². The van der Waals surface area contributed by atoms with E-state index in [1.165, 1.54) is 0 Å². The molecule has 1 atom stereocenters. The Labute approximate surface area is 162 Å². The minimum Gasteiger partial charge on any atom is -0.489 e. The Morgan fingerprint density at radius 2 is 1.89 bits per heavy atom. The van der Waals surface area contributed by atoms with Crippen LogP contribution in [0.25, 0.3) is 0 Å². The van der Waals surface area contributed by atoms with E-state index in [4.69, 9.17) is 9.47 Å². The number of hydrogen-bond donors (Lipinski definition) is 2. The van der Waals surface area contributed by atoms with Crippen LogP contribution in [-0.2, 0) is 9.53 Å². The van der Waals surface area contributed by atoms with Crippen LogP contribution in [0.3, 0.4) is 0 Å². The van der Waals surface area contributed by atoms with Gasteiger partial charge < -0.3 is 20.1 Å². The van der Waals surface area contributed by atoms with Crippen LogP contribution >= 0.6 is 0 Å². The summed E-state index contributed by atoms with van der Waals surface area (Å²) in [4.78, 5) is 16.2. The van der Waals surface area contributed by atoms with Crippen molar-refractivity contribution in [3.05, 3.63) is 30.3 Å². The van der Waals surface area contributed by atoms with Gasteiger partial charge in [-0.1, -0.05) is 25.1 Å². The molecule has 0 aliphatic heterocycles. The molecule has 1 aromatic rings. The van der Waals surface area contributed by atoms with Crippen molar-refractivity contribution in [1.29, 1.82) is 0 Å². The minimum atomic E-state index is -0.0534. The molecule has 1 saturated carbocycles. The van der Waals surface area contributed by atoms with Crippen LogP contribution in [0.4, 0.5) is 0 Å². The third kappa shape index (κ3) is 7.12. The van der Waals surface area contributed by atoms with E-state index in [0.29, 0.717) is 19.2 Å². The maximum absolute atomic E-state index is 11.9. The molecular weight excluding hydrogens is 342 g/mol. The molecular formula is C21H33N3O3. The van der Waals surface area contributed by atoms with Crippen molar-refractivity contribution in [2.24, 2.45) is 10.9 Å². The van der Waals surface area contributed by atoms with E-state index in [1.54, 1.807) is 7.05 Å². The molecule has 150 valence electrons. The summed E-state index contributed by atoms with van der Waals surface area (Å²) in [5.41, 5.74) is 0. The Morgan fingerprint density at radius 3 is 2.48 bits per heavy atom. The monoisotopic (exact) mass is 375 g/mol. The predicted molar refractivity (Wildman–Crippen MR) is 108 cm³/mol. The van der Waals surface area contributed by atoms with E-state index < -0.39 is 0 Å². The Bertz CT molecular complexity index is 584. The first-order valence-corrected chi connectivity index (χ1v) is 10.0. The fourth-order valence-electron chi connectivity index (χ4n) is 3.29. The molecule has 6 nitrogen and oxygen atoms in total. The SMILES string of the molecule is CCOC(=O)C1CCC(NC(=NC)NCC(CC)Oc2ccccc2)CC1. The van der Waals surface area contributed by atoms with Gasteiger partial charge in [-0.3, -0.25) is 9.79 Å². The number of nitrogens with zero attached hydrogens (tertiary/aromatic N) is 1. The largest absolute Gasteiger partial charge is 0.489 e. The van der Waals surface area contributed by atoms with Gasteiger partial charge in [0.05, 0.1) is 19.1 Å². The topological polar surface area (TPSA) is 72.0 Å². The Kier molecular flexibility index (Phi) is 8.95. The number of esters is 1. The van der Waals surface area contributed by atoms with E-state index in [9.17, 15) is 4.79 Å². The van der Waals surface area contributed by atoms with Gasteiger partial charge in [0, 0.05) is 13.1 Å². The summed E-state index contributed by atoms with van der Waals surface area (Å²) in [5.74, 6) is 1.65. The predicted octanol–water partition coefficient (Wildman–Crippen LogP) is 3.13. The van der Waals surface area contributed by atoms with Gasteiger partial charge in [-0.05, 0) is 51.2 Å². The average molecular weight is 376 g/mol. The molecule has 1 aromatic carbocycles. The van der Waals surface area contributed by atoms with Crippen molar-refractivity contribution in [2.75, 3.05) is 20.2 Å². The lowest BCUT2D eigenvalue weighted by Gasteiger charge is -2.29. The first kappa shape index (κ1) is 21.1. The maximum Gasteiger partial charge on any atom is 0.308 e.